The van der Waals surface area contributed by atoms with Crippen LogP contribution in [0.5, 0.6) is 0 Å². The van der Waals surface area contributed by atoms with Crippen LogP contribution < -0.4 is 0 Å². The Labute approximate surface area is 172 Å². The van der Waals surface area contributed by atoms with Gasteiger partial charge in [0.25, 0.3) is 0 Å². The molecular formula is C20H24N4O2S2. The van der Waals surface area contributed by atoms with Crippen LogP contribution in [0.25, 0.3) is 10.7 Å². The zero-order chi connectivity index (χ0) is 19.7. The number of ketones is 1. The number of aryl methyl sites for hydroxylation is 1. The summed E-state index contributed by atoms with van der Waals surface area (Å²) in [4.78, 5) is 14.0. The van der Waals surface area contributed by atoms with Crippen LogP contribution in [0.2, 0.25) is 0 Å². The van der Waals surface area contributed by atoms with Crippen molar-refractivity contribution in [3.8, 4) is 10.7 Å². The molecule has 1 aliphatic carbocycles. The van der Waals surface area contributed by atoms with Crippen molar-refractivity contribution >= 4 is 28.9 Å². The highest BCUT2D eigenvalue weighted by Crippen LogP contribution is 2.41. The van der Waals surface area contributed by atoms with Crippen LogP contribution >= 0.6 is 23.1 Å². The SMILES string of the molecule is COCCn1c(C)cc(C(=O)CSc2nnc(-c3cccs3)n2C2CC2)c1C. The molecule has 8 heteroatoms. The second-order valence-electron chi connectivity index (χ2n) is 7.03. The minimum atomic E-state index is 0.129. The van der Waals surface area contributed by atoms with Crippen molar-refractivity contribution in [2.24, 2.45) is 0 Å². The molecule has 1 fully saturated rings. The zero-order valence-corrected chi connectivity index (χ0v) is 18.0. The lowest BCUT2D eigenvalue weighted by atomic mass is 10.2. The van der Waals surface area contributed by atoms with E-state index in [-0.39, 0.29) is 5.78 Å². The first-order chi connectivity index (χ1) is 13.6. The maximum Gasteiger partial charge on any atom is 0.192 e. The molecule has 6 nitrogen and oxygen atoms in total. The van der Waals surface area contributed by atoms with E-state index in [4.69, 9.17) is 4.74 Å². The number of ether oxygens (including phenoxy) is 1. The summed E-state index contributed by atoms with van der Waals surface area (Å²) < 4.78 is 9.53. The van der Waals surface area contributed by atoms with Gasteiger partial charge in [0.05, 0.1) is 17.2 Å². The Bertz CT molecular complexity index is 971. The topological polar surface area (TPSA) is 61.9 Å². The average molecular weight is 417 g/mol. The maximum absolute atomic E-state index is 12.9. The van der Waals surface area contributed by atoms with Crippen molar-refractivity contribution < 1.29 is 9.53 Å². The molecule has 0 radical (unpaired) electrons. The Morgan fingerprint density at radius 2 is 2.18 bits per heavy atom. The summed E-state index contributed by atoms with van der Waals surface area (Å²) in [5, 5.41) is 11.7. The molecule has 0 atom stereocenters. The molecule has 0 aliphatic heterocycles. The van der Waals surface area contributed by atoms with Gasteiger partial charge >= 0.3 is 0 Å². The van der Waals surface area contributed by atoms with Crippen LogP contribution in [0.3, 0.4) is 0 Å². The van der Waals surface area contributed by atoms with E-state index in [1.165, 1.54) is 11.8 Å². The first-order valence-corrected chi connectivity index (χ1v) is 11.3. The number of methoxy groups -OCH3 is 1. The summed E-state index contributed by atoms with van der Waals surface area (Å²) in [7, 11) is 1.69. The van der Waals surface area contributed by atoms with Crippen molar-refractivity contribution in [2.45, 2.75) is 44.4 Å². The Hall–Kier alpha value is -1.90. The highest BCUT2D eigenvalue weighted by Gasteiger charge is 2.30. The number of carbonyl (C=O) groups is 1. The quantitative estimate of drug-likeness (QED) is 0.383. The summed E-state index contributed by atoms with van der Waals surface area (Å²) in [5.41, 5.74) is 2.88. The fourth-order valence-corrected chi connectivity index (χ4v) is 5.02. The second-order valence-corrected chi connectivity index (χ2v) is 8.92. The highest BCUT2D eigenvalue weighted by molar-refractivity contribution is 7.99. The van der Waals surface area contributed by atoms with Crippen LogP contribution in [0.1, 0.15) is 40.6 Å². The van der Waals surface area contributed by atoms with Gasteiger partial charge in [-0.15, -0.1) is 21.5 Å². The van der Waals surface area contributed by atoms with Crippen molar-refractivity contribution in [3.63, 3.8) is 0 Å². The van der Waals surface area contributed by atoms with E-state index in [0.29, 0.717) is 18.4 Å². The van der Waals surface area contributed by atoms with Crippen LogP contribution in [0, 0.1) is 13.8 Å². The molecule has 0 aromatic carbocycles. The van der Waals surface area contributed by atoms with Crippen molar-refractivity contribution in [1.29, 1.82) is 0 Å². The summed E-state index contributed by atoms with van der Waals surface area (Å²) in [6, 6.07) is 6.55. The average Bonchev–Trinajstić information content (AvgIpc) is 3.10. The van der Waals surface area contributed by atoms with Gasteiger partial charge in [-0.3, -0.25) is 9.36 Å². The molecule has 0 bridgehead atoms. The van der Waals surface area contributed by atoms with Gasteiger partial charge in [-0.25, -0.2) is 0 Å². The van der Waals surface area contributed by atoms with Crippen molar-refractivity contribution in [3.05, 3.63) is 40.5 Å². The lowest BCUT2D eigenvalue weighted by Crippen LogP contribution is -2.10. The number of hydrogen-bond donors (Lipinski definition) is 0. The van der Waals surface area contributed by atoms with Crippen LogP contribution in [-0.2, 0) is 11.3 Å². The van der Waals surface area contributed by atoms with E-state index in [1.54, 1.807) is 18.4 Å². The minimum Gasteiger partial charge on any atom is -0.383 e. The van der Waals surface area contributed by atoms with Gasteiger partial charge in [-0.2, -0.15) is 0 Å². The van der Waals surface area contributed by atoms with E-state index in [2.05, 4.69) is 30.8 Å². The van der Waals surface area contributed by atoms with Gasteiger partial charge in [0.1, 0.15) is 0 Å². The molecule has 0 N–H and O–H groups in total. The lowest BCUT2D eigenvalue weighted by molar-refractivity contribution is 0.102. The first-order valence-electron chi connectivity index (χ1n) is 9.40. The number of Topliss-reactive ketones (excluding diaryl/α,β-unsaturated/α-hetero) is 1. The molecule has 148 valence electrons. The van der Waals surface area contributed by atoms with E-state index in [0.717, 1.165) is 52.2 Å². The van der Waals surface area contributed by atoms with E-state index < -0.39 is 0 Å². The fourth-order valence-electron chi connectivity index (χ4n) is 3.43. The second kappa shape index (κ2) is 8.23. The smallest absolute Gasteiger partial charge is 0.192 e. The van der Waals surface area contributed by atoms with Gasteiger partial charge in [-0.1, -0.05) is 17.8 Å². The van der Waals surface area contributed by atoms with Crippen molar-refractivity contribution in [2.75, 3.05) is 19.5 Å². The molecule has 3 heterocycles. The molecule has 4 rings (SSSR count). The van der Waals surface area contributed by atoms with Gasteiger partial charge in [0.2, 0.25) is 0 Å². The normalized spacial score (nSPS) is 14.0. The third-order valence-corrected chi connectivity index (χ3v) is 6.85. The summed E-state index contributed by atoms with van der Waals surface area (Å²) >= 11 is 3.16. The number of aromatic nitrogens is 4. The van der Waals surface area contributed by atoms with Gasteiger partial charge in [0, 0.05) is 36.6 Å². The molecule has 0 spiro atoms. The Kier molecular flexibility index (Phi) is 5.70. The number of rotatable bonds is 9. The lowest BCUT2D eigenvalue weighted by Gasteiger charge is -2.09. The molecule has 0 saturated heterocycles. The third kappa shape index (κ3) is 3.81. The van der Waals surface area contributed by atoms with Crippen LogP contribution in [0.15, 0.2) is 28.7 Å². The first kappa shape index (κ1) is 19.4. The number of thioether (sulfide) groups is 1. The number of thiophene rings is 1. The molecular weight excluding hydrogens is 392 g/mol. The molecule has 0 amide bonds. The summed E-state index contributed by atoms with van der Waals surface area (Å²) in [5.74, 6) is 1.42. The molecule has 1 saturated carbocycles. The maximum atomic E-state index is 12.9. The summed E-state index contributed by atoms with van der Waals surface area (Å²) in [6.45, 7) is 5.43. The fraction of sp³-hybridized carbons (Fsp3) is 0.450. The predicted octanol–water partition coefficient (Wildman–Crippen LogP) is 4.38. The van der Waals surface area contributed by atoms with E-state index in [1.807, 2.05) is 26.0 Å². The zero-order valence-electron chi connectivity index (χ0n) is 16.3. The molecule has 28 heavy (non-hydrogen) atoms. The van der Waals surface area contributed by atoms with E-state index in [9.17, 15) is 4.79 Å². The third-order valence-electron chi connectivity index (χ3n) is 5.04. The Morgan fingerprint density at radius 3 is 2.86 bits per heavy atom. The predicted molar refractivity (Wildman–Crippen MR) is 112 cm³/mol. The van der Waals surface area contributed by atoms with Crippen LogP contribution in [0.4, 0.5) is 0 Å². The van der Waals surface area contributed by atoms with Gasteiger partial charge in [0.15, 0.2) is 16.8 Å². The number of nitrogens with zero attached hydrogens (tertiary/aromatic N) is 4. The number of carbonyl (C=O) groups excluding carboxylic acids is 1. The van der Waals surface area contributed by atoms with Crippen LogP contribution in [-0.4, -0.2) is 44.6 Å². The Balaban J connectivity index is 1.50. The highest BCUT2D eigenvalue weighted by atomic mass is 32.2. The largest absolute Gasteiger partial charge is 0.383 e. The van der Waals surface area contributed by atoms with Crippen molar-refractivity contribution in [1.82, 2.24) is 19.3 Å². The summed E-state index contributed by atoms with van der Waals surface area (Å²) in [6.07, 6.45) is 2.30. The molecule has 0 unspecified atom stereocenters. The monoisotopic (exact) mass is 416 g/mol. The minimum absolute atomic E-state index is 0.129. The molecule has 3 aromatic rings. The van der Waals surface area contributed by atoms with E-state index >= 15 is 0 Å². The molecule has 1 aliphatic rings. The molecule has 3 aromatic heterocycles. The Morgan fingerprint density at radius 1 is 1.36 bits per heavy atom. The standard InChI is InChI=1S/C20H24N4O2S2/c1-13-11-16(14(2)23(13)8-9-26-3)17(25)12-28-20-22-21-19(18-5-4-10-27-18)24(20)15-6-7-15/h4-5,10-11,15H,6-9,12H2,1-3H3. The van der Waals surface area contributed by atoms with Gasteiger partial charge in [-0.05, 0) is 44.2 Å². The number of hydrogen-bond acceptors (Lipinski definition) is 6. The van der Waals surface area contributed by atoms with Gasteiger partial charge < -0.3 is 9.30 Å².